The first-order chi connectivity index (χ1) is 14.6. The van der Waals surface area contributed by atoms with E-state index in [0.29, 0.717) is 10.8 Å². The van der Waals surface area contributed by atoms with Gasteiger partial charge in [-0.25, -0.2) is 14.5 Å². The van der Waals surface area contributed by atoms with Gasteiger partial charge in [-0.2, -0.15) is 0 Å². The Balaban J connectivity index is 1.51. The number of nitrogens with zero attached hydrogens (tertiary/aromatic N) is 6. The molecule has 0 aliphatic rings. The lowest BCUT2D eigenvalue weighted by Gasteiger charge is -2.07. The molecule has 0 amide bonds. The van der Waals surface area contributed by atoms with E-state index in [9.17, 15) is 0 Å². The fourth-order valence-electron chi connectivity index (χ4n) is 3.58. The van der Waals surface area contributed by atoms with Gasteiger partial charge in [0.1, 0.15) is 24.3 Å². The molecule has 5 rings (SSSR count). The second kappa shape index (κ2) is 7.42. The zero-order valence-corrected chi connectivity index (χ0v) is 17.3. The maximum Gasteiger partial charge on any atom is 0.189 e. The second-order valence-corrected chi connectivity index (χ2v) is 7.57. The molecular weight excluding hydrogens is 400 g/mol. The molecule has 0 saturated heterocycles. The summed E-state index contributed by atoms with van der Waals surface area (Å²) in [4.78, 5) is 13.5. The molecule has 0 aliphatic heterocycles. The third-order valence-electron chi connectivity index (χ3n) is 5.26. The minimum atomic E-state index is 0.264. The molecule has 0 bridgehead atoms. The van der Waals surface area contributed by atoms with E-state index in [1.165, 1.54) is 5.56 Å². The number of benzene rings is 1. The summed E-state index contributed by atoms with van der Waals surface area (Å²) in [6, 6.07) is 11.3. The van der Waals surface area contributed by atoms with Gasteiger partial charge >= 0.3 is 0 Å². The van der Waals surface area contributed by atoms with E-state index >= 15 is 0 Å². The molecule has 0 unspecified atom stereocenters. The SMILES string of the molecule is Cc1c(C)n(Cc2ccncc2)c2ncn3nc(COc4ccc(Cl)cc4)nc3c12. The van der Waals surface area contributed by atoms with Crippen molar-refractivity contribution in [2.75, 3.05) is 0 Å². The van der Waals surface area contributed by atoms with Gasteiger partial charge in [0, 0.05) is 29.7 Å². The van der Waals surface area contributed by atoms with Gasteiger partial charge in [-0.1, -0.05) is 11.6 Å². The van der Waals surface area contributed by atoms with Crippen molar-refractivity contribution >= 4 is 28.3 Å². The Morgan fingerprint density at radius 1 is 1.00 bits per heavy atom. The van der Waals surface area contributed by atoms with E-state index in [2.05, 4.69) is 33.5 Å². The maximum atomic E-state index is 5.92. The fourth-order valence-corrected chi connectivity index (χ4v) is 3.70. The summed E-state index contributed by atoms with van der Waals surface area (Å²) in [5, 5.41) is 6.21. The van der Waals surface area contributed by atoms with Gasteiger partial charge in [0.15, 0.2) is 11.5 Å². The number of pyridine rings is 1. The van der Waals surface area contributed by atoms with E-state index in [4.69, 9.17) is 21.3 Å². The fraction of sp³-hybridized carbons (Fsp3) is 0.182. The Morgan fingerprint density at radius 3 is 2.53 bits per heavy atom. The minimum Gasteiger partial charge on any atom is -0.486 e. The molecule has 7 nitrogen and oxygen atoms in total. The third-order valence-corrected chi connectivity index (χ3v) is 5.51. The van der Waals surface area contributed by atoms with Gasteiger partial charge in [0.2, 0.25) is 0 Å². The second-order valence-electron chi connectivity index (χ2n) is 7.13. The molecule has 8 heteroatoms. The Labute approximate surface area is 177 Å². The summed E-state index contributed by atoms with van der Waals surface area (Å²) in [7, 11) is 0. The van der Waals surface area contributed by atoms with Crippen molar-refractivity contribution in [3.63, 3.8) is 0 Å². The molecule has 150 valence electrons. The minimum absolute atomic E-state index is 0.264. The predicted molar refractivity (Wildman–Crippen MR) is 115 cm³/mol. The lowest BCUT2D eigenvalue weighted by atomic mass is 10.2. The van der Waals surface area contributed by atoms with E-state index < -0.39 is 0 Å². The van der Waals surface area contributed by atoms with Gasteiger partial charge in [-0.3, -0.25) is 4.98 Å². The molecule has 0 N–H and O–H groups in total. The van der Waals surface area contributed by atoms with Crippen LogP contribution >= 0.6 is 11.6 Å². The van der Waals surface area contributed by atoms with Crippen LogP contribution in [0.4, 0.5) is 0 Å². The summed E-state index contributed by atoms with van der Waals surface area (Å²) in [5.41, 5.74) is 5.15. The highest BCUT2D eigenvalue weighted by atomic mass is 35.5. The number of aryl methyl sites for hydroxylation is 1. The number of hydrogen-bond donors (Lipinski definition) is 0. The van der Waals surface area contributed by atoms with E-state index in [0.717, 1.165) is 40.2 Å². The van der Waals surface area contributed by atoms with Crippen molar-refractivity contribution in [1.82, 2.24) is 29.1 Å². The van der Waals surface area contributed by atoms with Crippen LogP contribution in [0.5, 0.6) is 5.75 Å². The highest BCUT2D eigenvalue weighted by Gasteiger charge is 2.18. The van der Waals surface area contributed by atoms with Crippen molar-refractivity contribution in [2.24, 2.45) is 0 Å². The van der Waals surface area contributed by atoms with Gasteiger partial charge in [-0.15, -0.1) is 5.10 Å². The predicted octanol–water partition coefficient (Wildman–Crippen LogP) is 4.37. The van der Waals surface area contributed by atoms with Crippen molar-refractivity contribution in [1.29, 1.82) is 0 Å². The summed E-state index contributed by atoms with van der Waals surface area (Å²) >= 11 is 5.92. The quantitative estimate of drug-likeness (QED) is 0.424. The van der Waals surface area contributed by atoms with Crippen LogP contribution in [0.25, 0.3) is 16.7 Å². The molecule has 5 aromatic rings. The van der Waals surface area contributed by atoms with E-state index in [1.54, 1.807) is 35.4 Å². The van der Waals surface area contributed by atoms with Crippen LogP contribution < -0.4 is 4.74 Å². The lowest BCUT2D eigenvalue weighted by Crippen LogP contribution is -2.03. The van der Waals surface area contributed by atoms with Crippen molar-refractivity contribution in [3.8, 4) is 5.75 Å². The largest absolute Gasteiger partial charge is 0.486 e. The molecule has 1 aromatic carbocycles. The van der Waals surface area contributed by atoms with Crippen LogP contribution in [0, 0.1) is 13.8 Å². The zero-order chi connectivity index (χ0) is 20.7. The van der Waals surface area contributed by atoms with Gasteiger partial charge < -0.3 is 9.30 Å². The lowest BCUT2D eigenvalue weighted by molar-refractivity contribution is 0.296. The first-order valence-corrected chi connectivity index (χ1v) is 9.95. The third kappa shape index (κ3) is 3.27. The molecule has 0 radical (unpaired) electrons. The van der Waals surface area contributed by atoms with Gasteiger partial charge in [0.25, 0.3) is 0 Å². The first-order valence-electron chi connectivity index (χ1n) is 9.57. The average Bonchev–Trinajstić information content (AvgIpc) is 3.28. The average molecular weight is 419 g/mol. The van der Waals surface area contributed by atoms with Crippen LogP contribution in [0.3, 0.4) is 0 Å². The van der Waals surface area contributed by atoms with E-state index in [1.807, 2.05) is 24.3 Å². The number of hydrogen-bond acceptors (Lipinski definition) is 5. The molecular formula is C22H19ClN6O. The van der Waals surface area contributed by atoms with Gasteiger partial charge in [-0.05, 0) is 61.4 Å². The standard InChI is InChI=1S/C22H19ClN6O/c1-14-15(2)28(11-16-7-9-24-10-8-16)21-20(14)22-26-19(27-29(22)13-25-21)12-30-18-5-3-17(23)4-6-18/h3-10,13H,11-12H2,1-2H3. The van der Waals surface area contributed by atoms with Crippen LogP contribution in [0.15, 0.2) is 55.1 Å². The van der Waals surface area contributed by atoms with E-state index in [-0.39, 0.29) is 6.61 Å². The summed E-state index contributed by atoms with van der Waals surface area (Å²) in [6.45, 7) is 5.19. The van der Waals surface area contributed by atoms with Gasteiger partial charge in [0.05, 0.1) is 5.39 Å². The van der Waals surface area contributed by atoms with Crippen molar-refractivity contribution in [2.45, 2.75) is 27.0 Å². The number of fused-ring (bicyclic) bond motifs is 3. The Bertz CT molecular complexity index is 1340. The first kappa shape index (κ1) is 18.6. The highest BCUT2D eigenvalue weighted by molar-refractivity contribution is 6.30. The molecule has 0 saturated carbocycles. The molecule has 4 heterocycles. The van der Waals surface area contributed by atoms with Crippen LogP contribution in [-0.4, -0.2) is 29.1 Å². The molecule has 0 spiro atoms. The molecule has 0 aliphatic carbocycles. The van der Waals surface area contributed by atoms with Crippen LogP contribution in [0.1, 0.15) is 22.6 Å². The summed E-state index contributed by atoms with van der Waals surface area (Å²) < 4.78 is 9.72. The Hall–Kier alpha value is -3.45. The molecule has 30 heavy (non-hydrogen) atoms. The monoisotopic (exact) mass is 418 g/mol. The van der Waals surface area contributed by atoms with Crippen molar-refractivity contribution < 1.29 is 4.74 Å². The highest BCUT2D eigenvalue weighted by Crippen LogP contribution is 2.27. The number of halogens is 1. The summed E-state index contributed by atoms with van der Waals surface area (Å²) in [5.74, 6) is 1.32. The molecule has 4 aromatic heterocycles. The number of aromatic nitrogens is 6. The van der Waals surface area contributed by atoms with Crippen LogP contribution in [0.2, 0.25) is 5.02 Å². The van der Waals surface area contributed by atoms with Crippen LogP contribution in [-0.2, 0) is 13.2 Å². The maximum absolute atomic E-state index is 5.92. The molecule has 0 fully saturated rings. The molecule has 0 atom stereocenters. The number of rotatable bonds is 5. The Kier molecular flexibility index (Phi) is 4.59. The topological polar surface area (TPSA) is 70.1 Å². The number of ether oxygens (including phenoxy) is 1. The normalized spacial score (nSPS) is 11.4. The van der Waals surface area contributed by atoms with Crippen molar-refractivity contribution in [3.05, 3.63) is 82.8 Å². The smallest absolute Gasteiger partial charge is 0.189 e. The Morgan fingerprint density at radius 2 is 1.77 bits per heavy atom. The summed E-state index contributed by atoms with van der Waals surface area (Å²) in [6.07, 6.45) is 5.32. The zero-order valence-electron chi connectivity index (χ0n) is 16.6.